The molecule has 1 fully saturated rings. The van der Waals surface area contributed by atoms with Crippen molar-refractivity contribution in [3.05, 3.63) is 12.2 Å². The molecule has 2 unspecified atom stereocenters. The van der Waals surface area contributed by atoms with Crippen molar-refractivity contribution in [2.75, 3.05) is 20.2 Å². The highest BCUT2D eigenvalue weighted by atomic mass is 16.5. The van der Waals surface area contributed by atoms with Crippen LogP contribution in [0.4, 0.5) is 0 Å². The SMILES string of the molecule is COC(=O)CCCCCN1CC2C=CC21. The summed E-state index contributed by atoms with van der Waals surface area (Å²) in [5.74, 6) is 0.779. The van der Waals surface area contributed by atoms with E-state index in [1.807, 2.05) is 0 Å². The normalized spacial score (nSPS) is 27.8. The maximum Gasteiger partial charge on any atom is 0.305 e. The fraction of sp³-hybridized carbons (Fsp3) is 0.750. The molecule has 15 heavy (non-hydrogen) atoms. The summed E-state index contributed by atoms with van der Waals surface area (Å²) in [5, 5.41) is 0. The monoisotopic (exact) mass is 209 g/mol. The van der Waals surface area contributed by atoms with Crippen molar-refractivity contribution >= 4 is 5.97 Å². The smallest absolute Gasteiger partial charge is 0.305 e. The van der Waals surface area contributed by atoms with Crippen LogP contribution in [0, 0.1) is 5.92 Å². The molecular formula is C12H19NO2. The fourth-order valence-corrected chi connectivity index (χ4v) is 2.29. The van der Waals surface area contributed by atoms with Gasteiger partial charge in [-0.3, -0.25) is 9.69 Å². The number of methoxy groups -OCH3 is 1. The molecule has 0 N–H and O–H groups in total. The van der Waals surface area contributed by atoms with Crippen molar-refractivity contribution in [2.24, 2.45) is 5.92 Å². The van der Waals surface area contributed by atoms with Gasteiger partial charge in [-0.15, -0.1) is 0 Å². The Bertz CT molecular complexity index is 262. The Kier molecular flexibility index (Phi) is 3.41. The third-order valence-corrected chi connectivity index (χ3v) is 3.42. The van der Waals surface area contributed by atoms with Gasteiger partial charge in [-0.2, -0.15) is 0 Å². The molecule has 2 rings (SSSR count). The van der Waals surface area contributed by atoms with Crippen molar-refractivity contribution < 1.29 is 9.53 Å². The molecule has 0 saturated carbocycles. The Hall–Kier alpha value is -0.830. The summed E-state index contributed by atoms with van der Waals surface area (Å²) >= 11 is 0. The van der Waals surface area contributed by atoms with Gasteiger partial charge in [0, 0.05) is 24.9 Å². The number of rotatable bonds is 6. The van der Waals surface area contributed by atoms with Crippen LogP contribution in [0.3, 0.4) is 0 Å². The molecule has 0 bridgehead atoms. The highest BCUT2D eigenvalue weighted by Crippen LogP contribution is 2.34. The number of fused-ring (bicyclic) bond motifs is 1. The van der Waals surface area contributed by atoms with Crippen molar-refractivity contribution in [1.29, 1.82) is 0 Å². The minimum atomic E-state index is -0.0825. The van der Waals surface area contributed by atoms with Gasteiger partial charge in [-0.25, -0.2) is 0 Å². The van der Waals surface area contributed by atoms with Crippen molar-refractivity contribution in [3.63, 3.8) is 0 Å². The maximum atomic E-state index is 10.8. The van der Waals surface area contributed by atoms with Crippen LogP contribution >= 0.6 is 0 Å². The lowest BCUT2D eigenvalue weighted by Gasteiger charge is -2.50. The molecule has 0 aromatic carbocycles. The number of hydrogen-bond donors (Lipinski definition) is 0. The highest BCUT2D eigenvalue weighted by molar-refractivity contribution is 5.68. The second-order valence-corrected chi connectivity index (χ2v) is 4.42. The van der Waals surface area contributed by atoms with E-state index in [2.05, 4.69) is 21.8 Å². The number of ether oxygens (including phenoxy) is 1. The summed E-state index contributed by atoms with van der Waals surface area (Å²) in [7, 11) is 1.45. The van der Waals surface area contributed by atoms with Crippen LogP contribution in [0.15, 0.2) is 12.2 Å². The van der Waals surface area contributed by atoms with Gasteiger partial charge in [0.15, 0.2) is 0 Å². The maximum absolute atomic E-state index is 10.8. The first kappa shape index (κ1) is 10.7. The lowest BCUT2D eigenvalue weighted by Crippen LogP contribution is -2.58. The van der Waals surface area contributed by atoms with Crippen LogP contribution in [-0.4, -0.2) is 37.1 Å². The molecule has 2 atom stereocenters. The zero-order valence-electron chi connectivity index (χ0n) is 9.32. The second kappa shape index (κ2) is 4.79. The second-order valence-electron chi connectivity index (χ2n) is 4.42. The van der Waals surface area contributed by atoms with Crippen LogP contribution < -0.4 is 0 Å². The summed E-state index contributed by atoms with van der Waals surface area (Å²) in [5.41, 5.74) is 0. The Labute approximate surface area is 91.1 Å². The van der Waals surface area contributed by atoms with Gasteiger partial charge >= 0.3 is 5.97 Å². The molecule has 1 saturated heterocycles. The van der Waals surface area contributed by atoms with Crippen LogP contribution in [0.1, 0.15) is 25.7 Å². The molecule has 0 spiro atoms. The molecule has 84 valence electrons. The summed E-state index contributed by atoms with van der Waals surface area (Å²) in [6, 6.07) is 0.755. The van der Waals surface area contributed by atoms with E-state index in [1.54, 1.807) is 0 Å². The molecule has 1 heterocycles. The van der Waals surface area contributed by atoms with Crippen molar-refractivity contribution in [2.45, 2.75) is 31.7 Å². The summed E-state index contributed by atoms with van der Waals surface area (Å²) in [6.45, 7) is 2.44. The predicted octanol–water partition coefficient (Wildman–Crippen LogP) is 1.59. The van der Waals surface area contributed by atoms with Crippen molar-refractivity contribution in [3.8, 4) is 0 Å². The molecule has 0 radical (unpaired) electrons. The first-order valence-corrected chi connectivity index (χ1v) is 5.80. The quantitative estimate of drug-likeness (QED) is 0.378. The Morgan fingerprint density at radius 3 is 2.80 bits per heavy atom. The van der Waals surface area contributed by atoms with E-state index in [0.717, 1.165) is 24.8 Å². The lowest BCUT2D eigenvalue weighted by atomic mass is 9.79. The number of carbonyl (C=O) groups excluding carboxylic acids is 1. The van der Waals surface area contributed by atoms with Crippen LogP contribution in [0.5, 0.6) is 0 Å². The van der Waals surface area contributed by atoms with Crippen molar-refractivity contribution in [1.82, 2.24) is 4.90 Å². The van der Waals surface area contributed by atoms with Crippen LogP contribution in [0.25, 0.3) is 0 Å². The van der Waals surface area contributed by atoms with Gasteiger partial charge in [0.25, 0.3) is 0 Å². The van der Waals surface area contributed by atoms with E-state index in [9.17, 15) is 4.79 Å². The van der Waals surface area contributed by atoms with E-state index in [4.69, 9.17) is 0 Å². The number of esters is 1. The molecule has 3 nitrogen and oxygen atoms in total. The third kappa shape index (κ3) is 2.40. The highest BCUT2D eigenvalue weighted by Gasteiger charge is 2.39. The van der Waals surface area contributed by atoms with Gasteiger partial charge < -0.3 is 4.74 Å². The summed E-state index contributed by atoms with van der Waals surface area (Å²) in [6.07, 6.45) is 8.47. The molecule has 3 heteroatoms. The number of nitrogens with zero attached hydrogens (tertiary/aromatic N) is 1. The number of hydrogen-bond acceptors (Lipinski definition) is 3. The first-order valence-electron chi connectivity index (χ1n) is 5.80. The Morgan fingerprint density at radius 2 is 2.27 bits per heavy atom. The minimum Gasteiger partial charge on any atom is -0.469 e. The lowest BCUT2D eigenvalue weighted by molar-refractivity contribution is -0.140. The summed E-state index contributed by atoms with van der Waals surface area (Å²) in [4.78, 5) is 13.4. The number of unbranched alkanes of at least 4 members (excludes halogenated alkanes) is 2. The van der Waals surface area contributed by atoms with E-state index in [1.165, 1.54) is 26.6 Å². The molecule has 1 aliphatic carbocycles. The zero-order chi connectivity index (χ0) is 10.7. The minimum absolute atomic E-state index is 0.0825. The standard InChI is InChI=1S/C12H19NO2/c1-15-12(14)5-3-2-4-8-13-9-10-6-7-11(10)13/h6-7,10-11H,2-5,8-9H2,1H3. The zero-order valence-corrected chi connectivity index (χ0v) is 9.32. The molecule has 2 aliphatic rings. The number of carbonyl (C=O) groups is 1. The molecule has 0 amide bonds. The molecule has 0 aromatic heterocycles. The predicted molar refractivity (Wildman–Crippen MR) is 58.5 cm³/mol. The Balaban J connectivity index is 1.46. The van der Waals surface area contributed by atoms with E-state index >= 15 is 0 Å². The molecule has 0 aromatic rings. The van der Waals surface area contributed by atoms with E-state index in [-0.39, 0.29) is 5.97 Å². The average molecular weight is 209 g/mol. The first-order chi connectivity index (χ1) is 7.31. The van der Waals surface area contributed by atoms with E-state index < -0.39 is 0 Å². The van der Waals surface area contributed by atoms with Gasteiger partial charge in [-0.05, 0) is 19.4 Å². The van der Waals surface area contributed by atoms with Gasteiger partial charge in [0.2, 0.25) is 0 Å². The third-order valence-electron chi connectivity index (χ3n) is 3.42. The van der Waals surface area contributed by atoms with Crippen LogP contribution in [0.2, 0.25) is 0 Å². The summed E-state index contributed by atoms with van der Waals surface area (Å²) < 4.78 is 4.59. The topological polar surface area (TPSA) is 29.5 Å². The molecule has 1 aliphatic heterocycles. The Morgan fingerprint density at radius 1 is 1.40 bits per heavy atom. The van der Waals surface area contributed by atoms with Gasteiger partial charge in [-0.1, -0.05) is 18.6 Å². The van der Waals surface area contributed by atoms with Crippen LogP contribution in [-0.2, 0) is 9.53 Å². The fourth-order valence-electron chi connectivity index (χ4n) is 2.29. The van der Waals surface area contributed by atoms with E-state index in [0.29, 0.717) is 6.42 Å². The largest absolute Gasteiger partial charge is 0.469 e. The average Bonchev–Trinajstić information content (AvgIpc) is 2.23. The molecular weight excluding hydrogens is 190 g/mol. The van der Waals surface area contributed by atoms with Gasteiger partial charge in [0.05, 0.1) is 7.11 Å². The van der Waals surface area contributed by atoms with Gasteiger partial charge in [0.1, 0.15) is 0 Å². The number of likely N-dealkylation sites (tertiary alicyclic amines) is 1.